The molecule has 0 bridgehead atoms. The summed E-state index contributed by atoms with van der Waals surface area (Å²) in [6.07, 6.45) is 23.3. The molecule has 4 aliphatic heterocycles. The molecule has 0 fully saturated rings. The first-order chi connectivity index (χ1) is 21.5. The standard InChI is InChI=1S/C36H38N6S2/c1-42-20-16-30(22-34(42)32-6-4-18-40-32)28-13-9-26(10-14-28)24-44-36(38)35(37)43-23-25-7-11-27(12-8-25)29-15-19-41-33(21-29)31-5-2-3-17-39-31/h2-16,18-19,21-22,32-33,39,41H,17,20,23-24,37-38H2,1H3/b36-35+. The van der Waals surface area contributed by atoms with Crippen molar-refractivity contribution in [1.29, 1.82) is 0 Å². The molecule has 224 valence electrons. The molecule has 6 N–H and O–H groups in total. The lowest BCUT2D eigenvalue weighted by Crippen LogP contribution is -2.34. The van der Waals surface area contributed by atoms with Gasteiger partial charge in [-0.3, -0.25) is 4.99 Å². The van der Waals surface area contributed by atoms with Gasteiger partial charge >= 0.3 is 0 Å². The number of benzene rings is 2. The van der Waals surface area contributed by atoms with E-state index in [9.17, 15) is 0 Å². The Labute approximate surface area is 268 Å². The fourth-order valence-electron chi connectivity index (χ4n) is 5.34. The molecular formula is C36H38N6S2. The SMILES string of the molecule is CN1CC=C(c2ccc(CS/C(N)=C(\N)SCc3ccc(C4=CC(C5=CC=CCN5)NC=C4)cc3)cc2)C=C1C1C=CC=N1. The minimum atomic E-state index is 0.111. The Bertz CT molecular complexity index is 1630. The molecule has 0 saturated carbocycles. The fraction of sp³-hybridized carbons (Fsp3) is 0.194. The summed E-state index contributed by atoms with van der Waals surface area (Å²) < 4.78 is 0. The third-order valence-electron chi connectivity index (χ3n) is 7.92. The number of thioether (sulfide) groups is 2. The molecule has 0 spiro atoms. The molecule has 0 aliphatic carbocycles. The normalized spacial score (nSPS) is 21.2. The smallest absolute Gasteiger partial charge is 0.108 e. The van der Waals surface area contributed by atoms with Gasteiger partial charge in [0.15, 0.2) is 0 Å². The molecular weight excluding hydrogens is 581 g/mol. The number of hydrogen-bond donors (Lipinski definition) is 4. The monoisotopic (exact) mass is 618 g/mol. The first-order valence-electron chi connectivity index (χ1n) is 14.8. The topological polar surface area (TPSA) is 91.7 Å². The summed E-state index contributed by atoms with van der Waals surface area (Å²) in [4.78, 5) is 6.81. The minimum Gasteiger partial charge on any atom is -0.391 e. The number of aliphatic imine (C=N–C) groups is 1. The van der Waals surface area contributed by atoms with Gasteiger partial charge in [-0.15, -0.1) is 23.5 Å². The Hall–Kier alpha value is -4.27. The van der Waals surface area contributed by atoms with Gasteiger partial charge in [0.2, 0.25) is 0 Å². The number of hydrogen-bond acceptors (Lipinski definition) is 8. The Morgan fingerprint density at radius 3 is 2.23 bits per heavy atom. The Balaban J connectivity index is 1.00. The second-order valence-corrected chi connectivity index (χ2v) is 13.0. The number of nitrogens with zero attached hydrogens (tertiary/aromatic N) is 2. The largest absolute Gasteiger partial charge is 0.391 e. The summed E-state index contributed by atoms with van der Waals surface area (Å²) in [7, 11) is 2.12. The summed E-state index contributed by atoms with van der Waals surface area (Å²) in [6.45, 7) is 1.74. The summed E-state index contributed by atoms with van der Waals surface area (Å²) in [5, 5.41) is 8.20. The maximum Gasteiger partial charge on any atom is 0.108 e. The summed E-state index contributed by atoms with van der Waals surface area (Å²) >= 11 is 3.17. The van der Waals surface area contributed by atoms with E-state index in [-0.39, 0.29) is 12.1 Å². The van der Waals surface area contributed by atoms with Crippen molar-refractivity contribution in [3.05, 3.63) is 153 Å². The number of nitrogens with one attached hydrogen (secondary N) is 2. The van der Waals surface area contributed by atoms with Crippen LogP contribution in [0.5, 0.6) is 0 Å². The van der Waals surface area contributed by atoms with Crippen LogP contribution in [0.4, 0.5) is 0 Å². The van der Waals surface area contributed by atoms with Crippen molar-refractivity contribution in [2.75, 3.05) is 20.1 Å². The van der Waals surface area contributed by atoms with Gasteiger partial charge in [0.1, 0.15) is 6.04 Å². The molecule has 2 aromatic rings. The lowest BCUT2D eigenvalue weighted by atomic mass is 9.98. The predicted molar refractivity (Wildman–Crippen MR) is 190 cm³/mol. The summed E-state index contributed by atoms with van der Waals surface area (Å²) in [6, 6.07) is 17.7. The van der Waals surface area contributed by atoms with Crippen LogP contribution in [0.3, 0.4) is 0 Å². The van der Waals surface area contributed by atoms with Crippen LogP contribution in [-0.4, -0.2) is 43.3 Å². The highest BCUT2D eigenvalue weighted by atomic mass is 32.2. The molecule has 0 radical (unpaired) electrons. The second-order valence-electron chi connectivity index (χ2n) is 11.0. The lowest BCUT2D eigenvalue weighted by molar-refractivity contribution is 0.438. The fourth-order valence-corrected chi connectivity index (χ4v) is 7.01. The van der Waals surface area contributed by atoms with Gasteiger partial charge in [0.05, 0.1) is 16.1 Å². The van der Waals surface area contributed by atoms with Crippen LogP contribution in [0.15, 0.2) is 136 Å². The van der Waals surface area contributed by atoms with Crippen molar-refractivity contribution in [3.8, 4) is 0 Å². The van der Waals surface area contributed by atoms with E-state index in [1.54, 1.807) is 23.5 Å². The van der Waals surface area contributed by atoms with E-state index < -0.39 is 0 Å². The molecule has 6 rings (SSSR count). The van der Waals surface area contributed by atoms with Crippen LogP contribution in [-0.2, 0) is 11.5 Å². The molecule has 0 amide bonds. The van der Waals surface area contributed by atoms with E-state index in [0.717, 1.165) is 24.6 Å². The number of nitrogens with two attached hydrogens (primary N) is 2. The maximum atomic E-state index is 6.38. The zero-order chi connectivity index (χ0) is 30.3. The van der Waals surface area contributed by atoms with Crippen molar-refractivity contribution in [2.45, 2.75) is 23.6 Å². The molecule has 2 unspecified atom stereocenters. The van der Waals surface area contributed by atoms with E-state index in [1.807, 2.05) is 18.5 Å². The molecule has 0 saturated heterocycles. The Morgan fingerprint density at radius 2 is 1.61 bits per heavy atom. The zero-order valence-electron chi connectivity index (χ0n) is 24.8. The van der Waals surface area contributed by atoms with Crippen molar-refractivity contribution in [1.82, 2.24) is 15.5 Å². The Morgan fingerprint density at radius 1 is 0.932 bits per heavy atom. The first-order valence-corrected chi connectivity index (χ1v) is 16.8. The van der Waals surface area contributed by atoms with E-state index in [0.29, 0.717) is 10.1 Å². The van der Waals surface area contributed by atoms with Crippen LogP contribution in [0.2, 0.25) is 0 Å². The third-order valence-corrected chi connectivity index (χ3v) is 10.1. The van der Waals surface area contributed by atoms with Crippen LogP contribution in [0.25, 0.3) is 11.1 Å². The lowest BCUT2D eigenvalue weighted by Gasteiger charge is -2.28. The van der Waals surface area contributed by atoms with Crippen molar-refractivity contribution < 1.29 is 0 Å². The number of rotatable bonds is 10. The van der Waals surface area contributed by atoms with Gasteiger partial charge < -0.3 is 27.0 Å². The van der Waals surface area contributed by atoms with Gasteiger partial charge in [0.25, 0.3) is 0 Å². The van der Waals surface area contributed by atoms with Gasteiger partial charge in [-0.2, -0.15) is 0 Å². The van der Waals surface area contributed by atoms with E-state index in [2.05, 4.69) is 125 Å². The number of dihydropyridines is 2. The Kier molecular flexibility index (Phi) is 9.48. The van der Waals surface area contributed by atoms with Gasteiger partial charge in [0, 0.05) is 49.3 Å². The third kappa shape index (κ3) is 7.26. The summed E-state index contributed by atoms with van der Waals surface area (Å²) in [5.41, 5.74) is 22.5. The zero-order valence-corrected chi connectivity index (χ0v) is 26.5. The minimum absolute atomic E-state index is 0.111. The first kappa shape index (κ1) is 29.8. The molecule has 4 aliphatic rings. The molecule has 2 atom stereocenters. The average molecular weight is 619 g/mol. The second kappa shape index (κ2) is 14.0. The highest BCUT2D eigenvalue weighted by Gasteiger charge is 2.19. The maximum absolute atomic E-state index is 6.38. The van der Waals surface area contributed by atoms with Crippen LogP contribution in [0.1, 0.15) is 22.3 Å². The molecule has 0 aromatic heterocycles. The molecule has 8 heteroatoms. The van der Waals surface area contributed by atoms with E-state index in [4.69, 9.17) is 11.5 Å². The molecule has 6 nitrogen and oxygen atoms in total. The van der Waals surface area contributed by atoms with Crippen LogP contribution < -0.4 is 22.1 Å². The van der Waals surface area contributed by atoms with Gasteiger partial charge in [-0.1, -0.05) is 72.8 Å². The van der Waals surface area contributed by atoms with Crippen LogP contribution >= 0.6 is 23.5 Å². The molecule has 4 heterocycles. The van der Waals surface area contributed by atoms with Crippen molar-refractivity contribution in [2.24, 2.45) is 16.5 Å². The number of likely N-dealkylation sites (N-methyl/N-ethyl adjacent to an activating group) is 1. The quantitative estimate of drug-likeness (QED) is 0.259. The van der Waals surface area contributed by atoms with E-state index in [1.165, 1.54) is 44.8 Å². The van der Waals surface area contributed by atoms with E-state index >= 15 is 0 Å². The van der Waals surface area contributed by atoms with Crippen molar-refractivity contribution >= 4 is 40.9 Å². The molecule has 2 aromatic carbocycles. The van der Waals surface area contributed by atoms with Crippen molar-refractivity contribution in [3.63, 3.8) is 0 Å². The molecule has 44 heavy (non-hydrogen) atoms. The van der Waals surface area contributed by atoms with Crippen LogP contribution in [0, 0.1) is 0 Å². The number of allylic oxidation sites excluding steroid dienone is 7. The summed E-state index contributed by atoms with van der Waals surface area (Å²) in [5.74, 6) is 1.54. The average Bonchev–Trinajstić information content (AvgIpc) is 3.62. The van der Waals surface area contributed by atoms with Gasteiger partial charge in [-0.05, 0) is 70.0 Å². The van der Waals surface area contributed by atoms with Gasteiger partial charge in [-0.25, -0.2) is 0 Å². The highest BCUT2D eigenvalue weighted by molar-refractivity contribution is 8.05. The highest BCUT2D eigenvalue weighted by Crippen LogP contribution is 2.30. The predicted octanol–water partition coefficient (Wildman–Crippen LogP) is 6.03.